The van der Waals surface area contributed by atoms with Crippen molar-refractivity contribution in [1.29, 1.82) is 0 Å². The van der Waals surface area contributed by atoms with Crippen LogP contribution in [0.3, 0.4) is 0 Å². The van der Waals surface area contributed by atoms with Crippen LogP contribution in [0.4, 0.5) is 0 Å². The lowest BCUT2D eigenvalue weighted by atomic mass is 10.1. The zero-order valence-corrected chi connectivity index (χ0v) is 13.8. The van der Waals surface area contributed by atoms with E-state index in [4.69, 9.17) is 9.47 Å². The molecule has 0 N–H and O–H groups in total. The van der Waals surface area contributed by atoms with Gasteiger partial charge in [-0.15, -0.1) is 0 Å². The second-order valence-corrected chi connectivity index (χ2v) is 5.22. The molecule has 118 valence electrons. The molecule has 0 aliphatic carbocycles. The maximum atomic E-state index is 5.17. The maximum Gasteiger partial charge on any atom is 0.156 e. The van der Waals surface area contributed by atoms with Gasteiger partial charge in [-0.25, -0.2) is 0 Å². The van der Waals surface area contributed by atoms with Gasteiger partial charge in [0.05, 0.1) is 0 Å². The molecule has 0 atom stereocenters. The fourth-order valence-corrected chi connectivity index (χ4v) is 2.18. The van der Waals surface area contributed by atoms with Crippen LogP contribution in [-0.2, 0) is 9.47 Å². The summed E-state index contributed by atoms with van der Waals surface area (Å²) in [7, 11) is 3.42. The van der Waals surface area contributed by atoms with Gasteiger partial charge in [0.15, 0.2) is 6.29 Å². The number of allylic oxidation sites excluding steroid dienone is 4. The summed E-state index contributed by atoms with van der Waals surface area (Å²) in [5.41, 5.74) is 0. The predicted molar refractivity (Wildman–Crippen MR) is 87.9 cm³/mol. The van der Waals surface area contributed by atoms with Crippen LogP contribution in [0, 0.1) is 0 Å². The fraction of sp³-hybridized carbons (Fsp3) is 0.778. The smallest absolute Gasteiger partial charge is 0.156 e. The average Bonchev–Trinajstić information content (AvgIpc) is 2.48. The Balaban J connectivity index is 3.17. The van der Waals surface area contributed by atoms with Gasteiger partial charge >= 0.3 is 0 Å². The molecule has 0 rings (SSSR count). The molecule has 20 heavy (non-hydrogen) atoms. The number of unbranched alkanes of at least 4 members (excludes halogenated alkanes) is 7. The standard InChI is InChI=1S/C18H34O2/c1-4-5-6-7-8-9-10-11-12-13-14-15-16-17-18(19-2)20-3/h5-8,18H,4,9-17H2,1-3H3. The number of methoxy groups -OCH3 is 2. The molecule has 0 amide bonds. The van der Waals surface area contributed by atoms with E-state index >= 15 is 0 Å². The van der Waals surface area contributed by atoms with Crippen molar-refractivity contribution in [2.75, 3.05) is 14.2 Å². The molecular formula is C18H34O2. The second-order valence-electron chi connectivity index (χ2n) is 5.22. The van der Waals surface area contributed by atoms with E-state index in [-0.39, 0.29) is 6.29 Å². The van der Waals surface area contributed by atoms with E-state index in [0.717, 1.165) is 12.8 Å². The van der Waals surface area contributed by atoms with Crippen molar-refractivity contribution in [2.45, 2.75) is 77.4 Å². The summed E-state index contributed by atoms with van der Waals surface area (Å²) >= 11 is 0. The SMILES string of the molecule is CCC=CC=CCCCCCCCCCC(OC)OC. The Morgan fingerprint density at radius 1 is 0.750 bits per heavy atom. The summed E-state index contributed by atoms with van der Waals surface area (Å²) < 4.78 is 10.3. The number of hydrogen-bond donors (Lipinski definition) is 0. The highest BCUT2D eigenvalue weighted by Crippen LogP contribution is 2.12. The van der Waals surface area contributed by atoms with E-state index in [0.29, 0.717) is 0 Å². The Hall–Kier alpha value is -0.600. The summed E-state index contributed by atoms with van der Waals surface area (Å²) in [6.07, 6.45) is 21.4. The van der Waals surface area contributed by atoms with Gasteiger partial charge in [-0.05, 0) is 32.1 Å². The minimum absolute atomic E-state index is 0.0106. The number of hydrogen-bond acceptors (Lipinski definition) is 2. The lowest BCUT2D eigenvalue weighted by molar-refractivity contribution is -0.107. The van der Waals surface area contributed by atoms with Crippen LogP contribution in [0.25, 0.3) is 0 Å². The van der Waals surface area contributed by atoms with Gasteiger partial charge in [0.1, 0.15) is 0 Å². The molecule has 0 aromatic heterocycles. The Kier molecular flexibility index (Phi) is 16.0. The third-order valence-electron chi connectivity index (χ3n) is 3.46. The minimum atomic E-state index is -0.0106. The van der Waals surface area contributed by atoms with Gasteiger partial charge < -0.3 is 9.47 Å². The minimum Gasteiger partial charge on any atom is -0.356 e. The first-order chi connectivity index (χ1) is 9.85. The number of ether oxygens (including phenoxy) is 2. The van der Waals surface area contributed by atoms with Crippen molar-refractivity contribution >= 4 is 0 Å². The molecular weight excluding hydrogens is 248 g/mol. The zero-order chi connectivity index (χ0) is 14.9. The van der Waals surface area contributed by atoms with Crippen LogP contribution < -0.4 is 0 Å². The summed E-state index contributed by atoms with van der Waals surface area (Å²) in [5, 5.41) is 0. The highest BCUT2D eigenvalue weighted by Gasteiger charge is 2.03. The van der Waals surface area contributed by atoms with Crippen LogP contribution >= 0.6 is 0 Å². The molecule has 0 unspecified atom stereocenters. The van der Waals surface area contributed by atoms with Crippen LogP contribution in [0.2, 0.25) is 0 Å². The first kappa shape index (κ1) is 19.4. The maximum absolute atomic E-state index is 5.17. The van der Waals surface area contributed by atoms with Crippen molar-refractivity contribution in [3.8, 4) is 0 Å². The molecule has 0 radical (unpaired) electrons. The largest absolute Gasteiger partial charge is 0.356 e. The summed E-state index contributed by atoms with van der Waals surface area (Å²) in [6.45, 7) is 2.16. The van der Waals surface area contributed by atoms with Crippen molar-refractivity contribution in [3.63, 3.8) is 0 Å². The summed E-state index contributed by atoms with van der Waals surface area (Å²) in [6, 6.07) is 0. The van der Waals surface area contributed by atoms with E-state index < -0.39 is 0 Å². The summed E-state index contributed by atoms with van der Waals surface area (Å²) in [4.78, 5) is 0. The first-order valence-corrected chi connectivity index (χ1v) is 8.22. The summed E-state index contributed by atoms with van der Waals surface area (Å²) in [5.74, 6) is 0. The van der Waals surface area contributed by atoms with Crippen molar-refractivity contribution in [3.05, 3.63) is 24.3 Å². The topological polar surface area (TPSA) is 18.5 Å². The van der Waals surface area contributed by atoms with Crippen LogP contribution in [-0.4, -0.2) is 20.5 Å². The van der Waals surface area contributed by atoms with Gasteiger partial charge in [0, 0.05) is 14.2 Å². The van der Waals surface area contributed by atoms with Crippen LogP contribution in [0.15, 0.2) is 24.3 Å². The zero-order valence-electron chi connectivity index (χ0n) is 13.8. The Labute approximate surface area is 126 Å². The van der Waals surface area contributed by atoms with Crippen molar-refractivity contribution in [1.82, 2.24) is 0 Å². The Bertz CT molecular complexity index is 230. The van der Waals surface area contributed by atoms with Crippen LogP contribution in [0.1, 0.15) is 71.1 Å². The second kappa shape index (κ2) is 16.5. The lowest BCUT2D eigenvalue weighted by Gasteiger charge is -2.12. The molecule has 2 heteroatoms. The van der Waals surface area contributed by atoms with E-state index in [1.165, 1.54) is 51.4 Å². The predicted octanol–water partition coefficient (Wildman–Crippen LogP) is 5.64. The van der Waals surface area contributed by atoms with E-state index in [1.54, 1.807) is 14.2 Å². The van der Waals surface area contributed by atoms with Gasteiger partial charge in [0.2, 0.25) is 0 Å². The van der Waals surface area contributed by atoms with Gasteiger partial charge in [-0.1, -0.05) is 63.3 Å². The molecule has 0 bridgehead atoms. The quantitative estimate of drug-likeness (QED) is 0.233. The molecule has 0 aromatic rings. The molecule has 0 spiro atoms. The Morgan fingerprint density at radius 2 is 1.30 bits per heavy atom. The molecule has 2 nitrogen and oxygen atoms in total. The number of rotatable bonds is 14. The van der Waals surface area contributed by atoms with E-state index in [1.807, 2.05) is 0 Å². The highest BCUT2D eigenvalue weighted by molar-refractivity contribution is 5.01. The van der Waals surface area contributed by atoms with E-state index in [9.17, 15) is 0 Å². The average molecular weight is 282 g/mol. The Morgan fingerprint density at radius 3 is 1.90 bits per heavy atom. The monoisotopic (exact) mass is 282 g/mol. The molecule has 0 saturated carbocycles. The van der Waals surface area contributed by atoms with Crippen molar-refractivity contribution < 1.29 is 9.47 Å². The van der Waals surface area contributed by atoms with Gasteiger partial charge in [0.25, 0.3) is 0 Å². The molecule has 0 saturated heterocycles. The van der Waals surface area contributed by atoms with Gasteiger partial charge in [-0.3, -0.25) is 0 Å². The lowest BCUT2D eigenvalue weighted by Crippen LogP contribution is -2.12. The van der Waals surface area contributed by atoms with Crippen LogP contribution in [0.5, 0.6) is 0 Å². The normalized spacial score (nSPS) is 12.2. The van der Waals surface area contributed by atoms with Gasteiger partial charge in [-0.2, -0.15) is 0 Å². The fourth-order valence-electron chi connectivity index (χ4n) is 2.18. The molecule has 0 aliphatic heterocycles. The molecule has 0 aliphatic rings. The molecule has 0 fully saturated rings. The third-order valence-corrected chi connectivity index (χ3v) is 3.46. The molecule has 0 heterocycles. The third kappa shape index (κ3) is 13.8. The highest BCUT2D eigenvalue weighted by atomic mass is 16.7. The molecule has 0 aromatic carbocycles. The van der Waals surface area contributed by atoms with Crippen molar-refractivity contribution in [2.24, 2.45) is 0 Å². The first-order valence-electron chi connectivity index (χ1n) is 8.22. The van der Waals surface area contributed by atoms with E-state index in [2.05, 4.69) is 31.2 Å².